The average Bonchev–Trinajstić information content (AvgIpc) is 2.75. The van der Waals surface area contributed by atoms with Crippen LogP contribution in [0, 0.1) is 6.92 Å². The van der Waals surface area contributed by atoms with Gasteiger partial charge in [-0.05, 0) is 34.5 Å². The van der Waals surface area contributed by atoms with Crippen molar-refractivity contribution in [2.24, 2.45) is 0 Å². The minimum absolute atomic E-state index is 0.122. The zero-order valence-corrected chi connectivity index (χ0v) is 10.7. The van der Waals surface area contributed by atoms with E-state index in [1.54, 1.807) is 12.4 Å². The van der Waals surface area contributed by atoms with Crippen molar-refractivity contribution in [3.8, 4) is 0 Å². The maximum Gasteiger partial charge on any atom is 0.247 e. The van der Waals surface area contributed by atoms with Crippen molar-refractivity contribution in [1.82, 2.24) is 20.0 Å². The summed E-state index contributed by atoms with van der Waals surface area (Å²) < 4.78 is 2.33. The van der Waals surface area contributed by atoms with Gasteiger partial charge in [-0.15, -0.1) is 5.10 Å². The van der Waals surface area contributed by atoms with Gasteiger partial charge in [0.25, 0.3) is 0 Å². The van der Waals surface area contributed by atoms with Gasteiger partial charge < -0.3 is 5.32 Å². The number of nitrogens with zero attached hydrogens (tertiary/aromatic N) is 4. The molecule has 2 aromatic heterocycles. The molecule has 0 spiro atoms. The van der Waals surface area contributed by atoms with Crippen LogP contribution >= 0.6 is 15.9 Å². The van der Waals surface area contributed by atoms with Crippen LogP contribution in [0.3, 0.4) is 0 Å². The van der Waals surface area contributed by atoms with Crippen molar-refractivity contribution in [3.63, 3.8) is 0 Å². The Labute approximate surface area is 106 Å². The van der Waals surface area contributed by atoms with Crippen LogP contribution in [-0.2, 0) is 11.3 Å². The molecule has 17 heavy (non-hydrogen) atoms. The lowest BCUT2D eigenvalue weighted by molar-refractivity contribution is -0.117. The molecule has 2 aromatic rings. The number of hydrogen-bond acceptors (Lipinski definition) is 4. The maximum atomic E-state index is 11.7. The molecule has 0 unspecified atom stereocenters. The molecule has 88 valence electrons. The lowest BCUT2D eigenvalue weighted by Gasteiger charge is -2.07. The smallest absolute Gasteiger partial charge is 0.247 e. The summed E-state index contributed by atoms with van der Waals surface area (Å²) in [5, 5.41) is 10.1. The molecule has 0 aliphatic carbocycles. The number of carbonyl (C=O) groups excluding carboxylic acids is 1. The second kappa shape index (κ2) is 5.05. The molecular formula is C10H10BrN5O. The van der Waals surface area contributed by atoms with Gasteiger partial charge in [0.1, 0.15) is 12.4 Å². The Balaban J connectivity index is 2.03. The molecule has 0 fully saturated rings. The predicted octanol–water partition coefficient (Wildman–Crippen LogP) is 1.38. The van der Waals surface area contributed by atoms with E-state index in [0.29, 0.717) is 5.82 Å². The summed E-state index contributed by atoms with van der Waals surface area (Å²) in [6.45, 7) is 2.00. The number of aromatic nitrogens is 4. The molecule has 0 saturated carbocycles. The molecule has 0 bridgehead atoms. The Morgan fingerprint density at radius 1 is 1.59 bits per heavy atom. The molecule has 1 N–H and O–H groups in total. The standard InChI is InChI=1S/C10H10BrN5O/c1-7-4-8(11)5-12-10(7)14-9(17)6-16-3-2-13-15-16/h2-5H,6H2,1H3,(H,12,14,17). The molecule has 0 saturated heterocycles. The Kier molecular flexibility index (Phi) is 3.48. The normalized spacial score (nSPS) is 10.2. The number of hydrogen-bond donors (Lipinski definition) is 1. The maximum absolute atomic E-state index is 11.7. The minimum Gasteiger partial charge on any atom is -0.309 e. The molecule has 0 atom stereocenters. The zero-order valence-electron chi connectivity index (χ0n) is 9.09. The van der Waals surface area contributed by atoms with Gasteiger partial charge in [0.05, 0.1) is 6.20 Å². The number of carbonyl (C=O) groups is 1. The summed E-state index contributed by atoms with van der Waals surface area (Å²) >= 11 is 3.31. The zero-order chi connectivity index (χ0) is 12.3. The van der Waals surface area contributed by atoms with Gasteiger partial charge in [-0.25, -0.2) is 9.67 Å². The van der Waals surface area contributed by atoms with E-state index in [1.807, 2.05) is 13.0 Å². The number of aryl methyl sites for hydroxylation is 1. The summed E-state index contributed by atoms with van der Waals surface area (Å²) in [7, 11) is 0. The molecule has 1 amide bonds. The summed E-state index contributed by atoms with van der Waals surface area (Å²) in [5.41, 5.74) is 0.895. The van der Waals surface area contributed by atoms with Crippen LogP contribution in [0.4, 0.5) is 5.82 Å². The first-order chi connectivity index (χ1) is 8.15. The molecule has 0 aliphatic rings. The van der Waals surface area contributed by atoms with E-state index in [1.165, 1.54) is 10.9 Å². The second-order valence-electron chi connectivity index (χ2n) is 3.47. The molecule has 7 heteroatoms. The highest BCUT2D eigenvalue weighted by Crippen LogP contribution is 2.16. The summed E-state index contributed by atoms with van der Waals surface area (Å²) in [6, 6.07) is 1.89. The molecule has 2 rings (SSSR count). The average molecular weight is 296 g/mol. The number of halogens is 1. The van der Waals surface area contributed by atoms with E-state index >= 15 is 0 Å². The second-order valence-corrected chi connectivity index (χ2v) is 4.38. The van der Waals surface area contributed by atoms with E-state index in [0.717, 1.165) is 10.0 Å². The first-order valence-corrected chi connectivity index (χ1v) is 5.70. The summed E-state index contributed by atoms with van der Waals surface area (Å²) in [5.74, 6) is 0.367. The number of pyridine rings is 1. The van der Waals surface area contributed by atoms with Crippen molar-refractivity contribution in [3.05, 3.63) is 34.7 Å². The molecule has 0 aromatic carbocycles. The third kappa shape index (κ3) is 3.10. The third-order valence-corrected chi connectivity index (χ3v) is 2.51. The fraction of sp³-hybridized carbons (Fsp3) is 0.200. The van der Waals surface area contributed by atoms with Crippen LogP contribution in [0.1, 0.15) is 5.56 Å². The van der Waals surface area contributed by atoms with Crippen LogP contribution in [0.15, 0.2) is 29.1 Å². The van der Waals surface area contributed by atoms with Crippen molar-refractivity contribution >= 4 is 27.7 Å². The van der Waals surface area contributed by atoms with Crippen LogP contribution in [0.5, 0.6) is 0 Å². The Bertz CT molecular complexity index is 525. The molecule has 0 aliphatic heterocycles. The SMILES string of the molecule is Cc1cc(Br)cnc1NC(=O)Cn1ccnn1. The van der Waals surface area contributed by atoms with Crippen LogP contribution in [0.2, 0.25) is 0 Å². The van der Waals surface area contributed by atoms with E-state index in [2.05, 4.69) is 36.5 Å². The number of rotatable bonds is 3. The number of anilines is 1. The van der Waals surface area contributed by atoms with Gasteiger partial charge in [-0.3, -0.25) is 4.79 Å². The topological polar surface area (TPSA) is 72.7 Å². The van der Waals surface area contributed by atoms with Gasteiger partial charge >= 0.3 is 0 Å². The first kappa shape index (κ1) is 11.7. The molecule has 6 nitrogen and oxygen atoms in total. The highest BCUT2D eigenvalue weighted by molar-refractivity contribution is 9.10. The fourth-order valence-corrected chi connectivity index (χ4v) is 1.75. The van der Waals surface area contributed by atoms with Crippen LogP contribution in [-0.4, -0.2) is 25.9 Å². The van der Waals surface area contributed by atoms with Gasteiger partial charge in [0.15, 0.2) is 0 Å². The van der Waals surface area contributed by atoms with Gasteiger partial charge in [0.2, 0.25) is 5.91 Å². The number of nitrogens with one attached hydrogen (secondary N) is 1. The molecule has 2 heterocycles. The largest absolute Gasteiger partial charge is 0.309 e. The van der Waals surface area contributed by atoms with Crippen molar-refractivity contribution < 1.29 is 4.79 Å². The van der Waals surface area contributed by atoms with E-state index in [-0.39, 0.29) is 12.5 Å². The lowest BCUT2D eigenvalue weighted by Crippen LogP contribution is -2.20. The Morgan fingerprint density at radius 2 is 2.41 bits per heavy atom. The highest BCUT2D eigenvalue weighted by Gasteiger charge is 2.07. The first-order valence-electron chi connectivity index (χ1n) is 4.91. The van der Waals surface area contributed by atoms with Crippen molar-refractivity contribution in [2.75, 3.05) is 5.32 Å². The van der Waals surface area contributed by atoms with Crippen molar-refractivity contribution in [1.29, 1.82) is 0 Å². The van der Waals surface area contributed by atoms with Gasteiger partial charge in [-0.1, -0.05) is 5.21 Å². The highest BCUT2D eigenvalue weighted by atomic mass is 79.9. The number of amides is 1. The summed E-state index contributed by atoms with van der Waals surface area (Å²) in [6.07, 6.45) is 4.79. The van der Waals surface area contributed by atoms with Crippen molar-refractivity contribution in [2.45, 2.75) is 13.5 Å². The minimum atomic E-state index is -0.187. The third-order valence-electron chi connectivity index (χ3n) is 2.08. The van der Waals surface area contributed by atoms with E-state index < -0.39 is 0 Å². The summed E-state index contributed by atoms with van der Waals surface area (Å²) in [4.78, 5) is 15.8. The van der Waals surface area contributed by atoms with Gasteiger partial charge in [-0.2, -0.15) is 0 Å². The Hall–Kier alpha value is -1.76. The molecule has 0 radical (unpaired) electrons. The van der Waals surface area contributed by atoms with E-state index in [9.17, 15) is 4.79 Å². The Morgan fingerprint density at radius 3 is 3.06 bits per heavy atom. The fourth-order valence-electron chi connectivity index (χ4n) is 1.31. The monoisotopic (exact) mass is 295 g/mol. The predicted molar refractivity (Wildman–Crippen MR) is 65.3 cm³/mol. The van der Waals surface area contributed by atoms with Gasteiger partial charge in [0, 0.05) is 16.9 Å². The van der Waals surface area contributed by atoms with Crippen LogP contribution in [0.25, 0.3) is 0 Å². The molecular weight excluding hydrogens is 286 g/mol. The van der Waals surface area contributed by atoms with E-state index in [4.69, 9.17) is 0 Å². The van der Waals surface area contributed by atoms with Crippen LogP contribution < -0.4 is 5.32 Å². The lowest BCUT2D eigenvalue weighted by atomic mass is 10.3. The quantitative estimate of drug-likeness (QED) is 0.928.